The van der Waals surface area contributed by atoms with E-state index in [2.05, 4.69) is 23.5 Å². The summed E-state index contributed by atoms with van der Waals surface area (Å²) in [6.45, 7) is 2.83. The van der Waals surface area contributed by atoms with Crippen molar-refractivity contribution in [2.75, 3.05) is 11.9 Å². The quantitative estimate of drug-likeness (QED) is 0.782. The Hall–Kier alpha value is -2.00. The van der Waals surface area contributed by atoms with Gasteiger partial charge in [-0.15, -0.1) is 0 Å². The fraction of sp³-hybridized carbons (Fsp3) is 0.409. The number of carbonyl (C=O) groups is 1. The highest BCUT2D eigenvalue weighted by atomic mass is 35.5. The average Bonchev–Trinajstić information content (AvgIpc) is 3.02. The molecule has 1 aliphatic carbocycles. The van der Waals surface area contributed by atoms with Crippen LogP contribution in [0.5, 0.6) is 5.75 Å². The van der Waals surface area contributed by atoms with Crippen LogP contribution in [0, 0.1) is 11.8 Å². The second-order valence-electron chi connectivity index (χ2n) is 7.69. The van der Waals surface area contributed by atoms with Crippen LogP contribution < -0.4 is 10.1 Å². The van der Waals surface area contributed by atoms with Gasteiger partial charge in [0.1, 0.15) is 5.75 Å². The van der Waals surface area contributed by atoms with Gasteiger partial charge >= 0.3 is 0 Å². The molecule has 0 radical (unpaired) electrons. The van der Waals surface area contributed by atoms with Gasteiger partial charge in [0.25, 0.3) is 0 Å². The third-order valence-electron chi connectivity index (χ3n) is 6.18. The van der Waals surface area contributed by atoms with Crippen LogP contribution in [0.1, 0.15) is 38.2 Å². The van der Waals surface area contributed by atoms with Crippen LogP contribution in [-0.2, 0) is 10.2 Å². The Morgan fingerprint density at radius 2 is 1.85 bits per heavy atom. The molecule has 26 heavy (non-hydrogen) atoms. The Morgan fingerprint density at radius 3 is 2.58 bits per heavy atom. The van der Waals surface area contributed by atoms with E-state index in [1.165, 1.54) is 5.56 Å². The van der Waals surface area contributed by atoms with Crippen molar-refractivity contribution < 1.29 is 9.53 Å². The standard InChI is InChI=1S/C22H24ClNO2/c1-15(21(25)24-18-8-6-17(23)7-9-18)16-10-12-22(13-11-16)14-26-20-5-3-2-4-19(20)22/h2-9,15-16H,10-14H2,1H3,(H,24,25)/t15-,16-,22+/m1/s1. The summed E-state index contributed by atoms with van der Waals surface area (Å²) in [7, 11) is 0. The first-order chi connectivity index (χ1) is 12.6. The molecule has 1 aliphatic heterocycles. The number of rotatable bonds is 3. The smallest absolute Gasteiger partial charge is 0.227 e. The number of hydrogen-bond acceptors (Lipinski definition) is 2. The third kappa shape index (κ3) is 3.21. The second kappa shape index (κ2) is 6.96. The minimum atomic E-state index is 0.000549. The SMILES string of the molecule is C[C@@H](C(=O)Nc1ccc(Cl)cc1)[C@H]1CC[C@@]2(CC1)COc1ccccc12. The summed E-state index contributed by atoms with van der Waals surface area (Å²) in [5.74, 6) is 1.55. The number of para-hydroxylation sites is 1. The van der Waals surface area contributed by atoms with Gasteiger partial charge in [0, 0.05) is 27.6 Å². The van der Waals surface area contributed by atoms with E-state index < -0.39 is 0 Å². The van der Waals surface area contributed by atoms with Crippen molar-refractivity contribution in [1.82, 2.24) is 0 Å². The van der Waals surface area contributed by atoms with Gasteiger partial charge in [-0.25, -0.2) is 0 Å². The van der Waals surface area contributed by atoms with Crippen molar-refractivity contribution in [3.05, 3.63) is 59.1 Å². The molecule has 4 rings (SSSR count). The molecule has 3 nitrogen and oxygen atoms in total. The van der Waals surface area contributed by atoms with Crippen LogP contribution in [0.2, 0.25) is 5.02 Å². The zero-order valence-corrected chi connectivity index (χ0v) is 15.8. The molecule has 2 aliphatic rings. The lowest BCUT2D eigenvalue weighted by atomic mass is 9.65. The number of ether oxygens (including phenoxy) is 1. The minimum Gasteiger partial charge on any atom is -0.492 e. The lowest BCUT2D eigenvalue weighted by Crippen LogP contribution is -2.37. The van der Waals surface area contributed by atoms with Crippen molar-refractivity contribution in [2.24, 2.45) is 11.8 Å². The molecule has 1 N–H and O–H groups in total. The number of amides is 1. The van der Waals surface area contributed by atoms with Crippen molar-refractivity contribution in [2.45, 2.75) is 38.0 Å². The number of anilines is 1. The monoisotopic (exact) mass is 369 g/mol. The molecule has 0 unspecified atom stereocenters. The first-order valence-corrected chi connectivity index (χ1v) is 9.74. The van der Waals surface area contributed by atoms with Gasteiger partial charge in [-0.1, -0.05) is 36.7 Å². The Morgan fingerprint density at radius 1 is 1.15 bits per heavy atom. The first kappa shape index (κ1) is 17.4. The van der Waals surface area contributed by atoms with E-state index in [-0.39, 0.29) is 17.2 Å². The molecule has 136 valence electrons. The summed E-state index contributed by atoms with van der Waals surface area (Å²) in [5, 5.41) is 3.69. The molecular formula is C22H24ClNO2. The van der Waals surface area contributed by atoms with Gasteiger partial charge in [0.15, 0.2) is 0 Å². The number of nitrogens with one attached hydrogen (secondary N) is 1. The fourth-order valence-electron chi connectivity index (χ4n) is 4.43. The van der Waals surface area contributed by atoms with Gasteiger partial charge in [-0.3, -0.25) is 4.79 Å². The van der Waals surface area contributed by atoms with Crippen molar-refractivity contribution >= 4 is 23.2 Å². The predicted octanol–water partition coefficient (Wildman–Crippen LogP) is 5.44. The molecule has 4 heteroatoms. The average molecular weight is 370 g/mol. The highest BCUT2D eigenvalue weighted by molar-refractivity contribution is 6.30. The molecule has 0 bridgehead atoms. The van der Waals surface area contributed by atoms with E-state index in [1.807, 2.05) is 25.1 Å². The molecule has 1 amide bonds. The minimum absolute atomic E-state index is 0.000549. The summed E-state index contributed by atoms with van der Waals surface area (Å²) in [5.41, 5.74) is 2.31. The van der Waals surface area contributed by atoms with Gasteiger partial charge in [0.05, 0.1) is 6.61 Å². The molecular weight excluding hydrogens is 346 g/mol. The summed E-state index contributed by atoms with van der Waals surface area (Å²) in [4.78, 5) is 12.6. The fourth-order valence-corrected chi connectivity index (χ4v) is 4.56. The van der Waals surface area contributed by atoms with Crippen molar-refractivity contribution in [1.29, 1.82) is 0 Å². The highest BCUT2D eigenvalue weighted by Crippen LogP contribution is 2.50. The van der Waals surface area contributed by atoms with Crippen LogP contribution in [0.25, 0.3) is 0 Å². The summed E-state index contributed by atoms with van der Waals surface area (Å²) in [6.07, 6.45) is 4.31. The molecule has 1 saturated carbocycles. The summed E-state index contributed by atoms with van der Waals surface area (Å²) < 4.78 is 5.93. The Labute approximate surface area is 159 Å². The maximum Gasteiger partial charge on any atom is 0.227 e. The van der Waals surface area contributed by atoms with E-state index in [0.717, 1.165) is 43.7 Å². The van der Waals surface area contributed by atoms with Crippen LogP contribution >= 0.6 is 11.6 Å². The van der Waals surface area contributed by atoms with Crippen molar-refractivity contribution in [3.63, 3.8) is 0 Å². The first-order valence-electron chi connectivity index (χ1n) is 9.36. The summed E-state index contributed by atoms with van der Waals surface area (Å²) in [6, 6.07) is 15.7. The molecule has 2 aromatic rings. The van der Waals surface area contributed by atoms with E-state index in [4.69, 9.17) is 16.3 Å². The largest absolute Gasteiger partial charge is 0.492 e. The number of hydrogen-bond donors (Lipinski definition) is 1. The topological polar surface area (TPSA) is 38.3 Å². The normalized spacial score (nSPS) is 25.4. The van der Waals surface area contributed by atoms with Gasteiger partial charge in [-0.2, -0.15) is 0 Å². The molecule has 0 aromatic heterocycles. The van der Waals surface area contributed by atoms with Crippen molar-refractivity contribution in [3.8, 4) is 5.75 Å². The number of carbonyl (C=O) groups excluding carboxylic acids is 1. The van der Waals surface area contributed by atoms with Crippen LogP contribution in [-0.4, -0.2) is 12.5 Å². The molecule has 1 heterocycles. The number of fused-ring (bicyclic) bond motifs is 2. The highest BCUT2D eigenvalue weighted by Gasteiger charge is 2.44. The number of halogens is 1. The maximum atomic E-state index is 12.6. The molecule has 2 aromatic carbocycles. The van der Waals surface area contributed by atoms with Crippen LogP contribution in [0.15, 0.2) is 48.5 Å². The van der Waals surface area contributed by atoms with Gasteiger partial charge in [0.2, 0.25) is 5.91 Å². The van der Waals surface area contributed by atoms with Crippen LogP contribution in [0.4, 0.5) is 5.69 Å². The zero-order chi connectivity index (χ0) is 18.1. The third-order valence-corrected chi connectivity index (χ3v) is 6.43. The predicted molar refractivity (Wildman–Crippen MR) is 105 cm³/mol. The van der Waals surface area contributed by atoms with Gasteiger partial charge < -0.3 is 10.1 Å². The molecule has 0 saturated heterocycles. The lowest BCUT2D eigenvalue weighted by molar-refractivity contribution is -0.121. The molecule has 1 spiro atoms. The Balaban J connectivity index is 1.38. The lowest BCUT2D eigenvalue weighted by Gasteiger charge is -2.38. The van der Waals surface area contributed by atoms with Gasteiger partial charge in [-0.05, 0) is 61.9 Å². The molecule has 1 fully saturated rings. The summed E-state index contributed by atoms with van der Waals surface area (Å²) >= 11 is 5.90. The van der Waals surface area contributed by atoms with Crippen LogP contribution in [0.3, 0.4) is 0 Å². The second-order valence-corrected chi connectivity index (χ2v) is 8.12. The molecule has 1 atom stereocenters. The maximum absolute atomic E-state index is 12.6. The van der Waals surface area contributed by atoms with E-state index in [0.29, 0.717) is 10.9 Å². The van der Waals surface area contributed by atoms with E-state index in [1.54, 1.807) is 12.1 Å². The zero-order valence-electron chi connectivity index (χ0n) is 15.0. The number of benzene rings is 2. The van der Waals surface area contributed by atoms with E-state index >= 15 is 0 Å². The Bertz CT molecular complexity index is 794. The van der Waals surface area contributed by atoms with E-state index in [9.17, 15) is 4.79 Å². The Kier molecular flexibility index (Phi) is 4.66.